The van der Waals surface area contributed by atoms with Crippen LogP contribution in [0.3, 0.4) is 0 Å². The molecule has 1 saturated carbocycles. The summed E-state index contributed by atoms with van der Waals surface area (Å²) in [6.07, 6.45) is 4.87. The van der Waals surface area contributed by atoms with Crippen LogP contribution in [-0.4, -0.2) is 85.5 Å². The van der Waals surface area contributed by atoms with Crippen molar-refractivity contribution in [3.63, 3.8) is 0 Å². The smallest absolute Gasteiger partial charge is 0.236 e. The van der Waals surface area contributed by atoms with Gasteiger partial charge < -0.3 is 18.9 Å². The normalized spacial score (nSPS) is 23.5. The number of rotatable bonds is 7. The van der Waals surface area contributed by atoms with Crippen molar-refractivity contribution in [3.05, 3.63) is 11.7 Å². The van der Waals surface area contributed by atoms with Gasteiger partial charge in [-0.15, -0.1) is 0 Å². The molecule has 1 aliphatic carbocycles. The molecule has 8 nitrogen and oxygen atoms in total. The molecule has 3 fully saturated rings. The standard InChI is InChI=1S/C19H30N4O4/c1-25-11-6-19(18-20-17(27-21-18)15-2-3-15)4-7-23(8-5-19)16(24)14-22-9-12-26-13-10-22/h15H,2-14H2,1H3. The van der Waals surface area contributed by atoms with Crippen LogP contribution in [0, 0.1) is 0 Å². The maximum atomic E-state index is 12.7. The van der Waals surface area contributed by atoms with Crippen molar-refractivity contribution in [2.75, 3.05) is 59.7 Å². The van der Waals surface area contributed by atoms with E-state index in [2.05, 4.69) is 10.1 Å². The number of nitrogens with zero attached hydrogens (tertiary/aromatic N) is 4. The molecule has 0 atom stereocenters. The molecule has 3 aliphatic rings. The molecule has 0 spiro atoms. The Morgan fingerprint density at radius 2 is 1.96 bits per heavy atom. The van der Waals surface area contributed by atoms with E-state index in [1.165, 1.54) is 0 Å². The zero-order valence-electron chi connectivity index (χ0n) is 16.2. The Morgan fingerprint density at radius 1 is 1.22 bits per heavy atom. The number of ether oxygens (including phenoxy) is 2. The van der Waals surface area contributed by atoms with Gasteiger partial charge in [-0.05, 0) is 32.1 Å². The second-order valence-electron chi connectivity index (χ2n) is 8.02. The summed E-state index contributed by atoms with van der Waals surface area (Å²) in [5.74, 6) is 2.26. The molecule has 150 valence electrons. The van der Waals surface area contributed by atoms with Crippen LogP contribution in [0.4, 0.5) is 0 Å². The number of carbonyl (C=O) groups excluding carboxylic acids is 1. The number of hydrogen-bond donors (Lipinski definition) is 0. The lowest BCUT2D eigenvalue weighted by Gasteiger charge is -2.40. The monoisotopic (exact) mass is 378 g/mol. The molecule has 0 bridgehead atoms. The summed E-state index contributed by atoms with van der Waals surface area (Å²) >= 11 is 0. The third kappa shape index (κ3) is 4.33. The summed E-state index contributed by atoms with van der Waals surface area (Å²) in [4.78, 5) is 21.6. The van der Waals surface area contributed by atoms with E-state index < -0.39 is 0 Å². The predicted molar refractivity (Wildman–Crippen MR) is 97.5 cm³/mol. The Labute approximate surface area is 160 Å². The molecule has 0 radical (unpaired) electrons. The first-order valence-corrected chi connectivity index (χ1v) is 10.1. The lowest BCUT2D eigenvalue weighted by atomic mass is 9.75. The van der Waals surface area contributed by atoms with Crippen LogP contribution in [0.15, 0.2) is 4.52 Å². The van der Waals surface area contributed by atoms with E-state index in [4.69, 9.17) is 19.0 Å². The fourth-order valence-electron chi connectivity index (χ4n) is 4.06. The third-order valence-corrected chi connectivity index (χ3v) is 6.16. The zero-order valence-corrected chi connectivity index (χ0v) is 16.2. The van der Waals surface area contributed by atoms with E-state index in [-0.39, 0.29) is 11.3 Å². The second kappa shape index (κ2) is 8.24. The molecule has 1 aromatic rings. The van der Waals surface area contributed by atoms with Crippen molar-refractivity contribution in [1.82, 2.24) is 19.9 Å². The molecule has 1 amide bonds. The van der Waals surface area contributed by atoms with E-state index in [1.807, 2.05) is 4.90 Å². The minimum absolute atomic E-state index is 0.150. The first-order chi connectivity index (χ1) is 13.2. The Bertz CT molecular complexity index is 631. The second-order valence-corrected chi connectivity index (χ2v) is 8.02. The molecule has 0 unspecified atom stereocenters. The quantitative estimate of drug-likeness (QED) is 0.705. The van der Waals surface area contributed by atoms with Gasteiger partial charge in [-0.2, -0.15) is 4.98 Å². The summed E-state index contributed by atoms with van der Waals surface area (Å²) in [6, 6.07) is 0. The molecule has 2 saturated heterocycles. The SMILES string of the molecule is COCCC1(c2noc(C3CC3)n2)CCN(C(=O)CN2CCOCC2)CC1. The molecule has 8 heteroatoms. The summed E-state index contributed by atoms with van der Waals surface area (Å²) < 4.78 is 16.2. The first kappa shape index (κ1) is 18.8. The van der Waals surface area contributed by atoms with Crippen molar-refractivity contribution >= 4 is 5.91 Å². The average Bonchev–Trinajstić information content (AvgIpc) is 3.44. The van der Waals surface area contributed by atoms with Gasteiger partial charge in [0.15, 0.2) is 5.82 Å². The molecule has 27 heavy (non-hydrogen) atoms. The minimum atomic E-state index is -0.150. The van der Waals surface area contributed by atoms with E-state index in [0.717, 1.165) is 70.0 Å². The summed E-state index contributed by atoms with van der Waals surface area (Å²) in [5, 5.41) is 4.32. The Balaban J connectivity index is 1.38. The number of likely N-dealkylation sites (tertiary alicyclic amines) is 1. The fourth-order valence-corrected chi connectivity index (χ4v) is 4.06. The molecule has 0 N–H and O–H groups in total. The minimum Gasteiger partial charge on any atom is -0.385 e. The molecular formula is C19H30N4O4. The number of hydrogen-bond acceptors (Lipinski definition) is 7. The van der Waals surface area contributed by atoms with Crippen molar-refractivity contribution in [1.29, 1.82) is 0 Å². The number of carbonyl (C=O) groups is 1. The topological polar surface area (TPSA) is 80.9 Å². The van der Waals surface area contributed by atoms with Gasteiger partial charge in [-0.25, -0.2) is 0 Å². The van der Waals surface area contributed by atoms with Crippen LogP contribution in [0.1, 0.15) is 49.7 Å². The summed E-state index contributed by atoms with van der Waals surface area (Å²) in [7, 11) is 1.72. The van der Waals surface area contributed by atoms with Crippen LogP contribution in [-0.2, 0) is 19.7 Å². The van der Waals surface area contributed by atoms with Crippen molar-refractivity contribution in [2.24, 2.45) is 0 Å². The lowest BCUT2D eigenvalue weighted by Crippen LogP contribution is -2.50. The van der Waals surface area contributed by atoms with Crippen LogP contribution >= 0.6 is 0 Å². The number of methoxy groups -OCH3 is 1. The van der Waals surface area contributed by atoms with Gasteiger partial charge in [0.2, 0.25) is 11.8 Å². The van der Waals surface area contributed by atoms with Gasteiger partial charge in [-0.3, -0.25) is 9.69 Å². The van der Waals surface area contributed by atoms with Gasteiger partial charge in [0, 0.05) is 51.2 Å². The highest BCUT2D eigenvalue weighted by molar-refractivity contribution is 5.78. The maximum Gasteiger partial charge on any atom is 0.236 e. The van der Waals surface area contributed by atoms with Gasteiger partial charge in [0.05, 0.1) is 19.8 Å². The Kier molecular flexibility index (Phi) is 5.75. The van der Waals surface area contributed by atoms with Crippen LogP contribution < -0.4 is 0 Å². The van der Waals surface area contributed by atoms with Gasteiger partial charge in [0.25, 0.3) is 0 Å². The Hall–Kier alpha value is -1.51. The summed E-state index contributed by atoms with van der Waals surface area (Å²) in [6.45, 7) is 5.73. The first-order valence-electron chi connectivity index (χ1n) is 10.1. The van der Waals surface area contributed by atoms with E-state index in [0.29, 0.717) is 32.3 Å². The van der Waals surface area contributed by atoms with Crippen LogP contribution in [0.2, 0.25) is 0 Å². The molecule has 0 aromatic carbocycles. The molecule has 2 aliphatic heterocycles. The average molecular weight is 378 g/mol. The summed E-state index contributed by atoms with van der Waals surface area (Å²) in [5.41, 5.74) is -0.150. The van der Waals surface area contributed by atoms with Gasteiger partial charge >= 0.3 is 0 Å². The van der Waals surface area contributed by atoms with Crippen molar-refractivity contribution in [2.45, 2.75) is 43.4 Å². The number of aromatic nitrogens is 2. The van der Waals surface area contributed by atoms with Gasteiger partial charge in [0.1, 0.15) is 0 Å². The highest BCUT2D eigenvalue weighted by atomic mass is 16.5. The predicted octanol–water partition coefficient (Wildman–Crippen LogP) is 1.18. The van der Waals surface area contributed by atoms with E-state index in [1.54, 1.807) is 7.11 Å². The maximum absolute atomic E-state index is 12.7. The molecular weight excluding hydrogens is 348 g/mol. The van der Waals surface area contributed by atoms with E-state index in [9.17, 15) is 4.79 Å². The molecule has 4 rings (SSSR count). The molecule has 3 heterocycles. The van der Waals surface area contributed by atoms with Crippen LogP contribution in [0.5, 0.6) is 0 Å². The highest BCUT2D eigenvalue weighted by Gasteiger charge is 2.42. The lowest BCUT2D eigenvalue weighted by molar-refractivity contribution is -0.135. The molecule has 1 aromatic heterocycles. The number of amides is 1. The fraction of sp³-hybridized carbons (Fsp3) is 0.842. The third-order valence-electron chi connectivity index (χ3n) is 6.16. The number of morpholine rings is 1. The van der Waals surface area contributed by atoms with Crippen LogP contribution in [0.25, 0.3) is 0 Å². The largest absolute Gasteiger partial charge is 0.385 e. The number of piperidine rings is 1. The zero-order chi connectivity index (χ0) is 18.7. The Morgan fingerprint density at radius 3 is 2.63 bits per heavy atom. The van der Waals surface area contributed by atoms with Crippen molar-refractivity contribution in [3.8, 4) is 0 Å². The van der Waals surface area contributed by atoms with Crippen molar-refractivity contribution < 1.29 is 18.8 Å². The van der Waals surface area contributed by atoms with E-state index >= 15 is 0 Å². The van der Waals surface area contributed by atoms with Gasteiger partial charge in [-0.1, -0.05) is 5.16 Å². The highest BCUT2D eigenvalue weighted by Crippen LogP contribution is 2.42.